The van der Waals surface area contributed by atoms with E-state index >= 15 is 0 Å². The molecule has 0 saturated heterocycles. The van der Waals surface area contributed by atoms with E-state index < -0.39 is 0 Å². The molecular weight excluding hydrogens is 354 g/mol. The Morgan fingerprint density at radius 2 is 2.10 bits per heavy atom. The lowest BCUT2D eigenvalue weighted by Gasteiger charge is -2.20. The van der Waals surface area contributed by atoms with Crippen LogP contribution in [0.5, 0.6) is 0 Å². The van der Waals surface area contributed by atoms with Crippen LogP contribution in [-0.2, 0) is 6.54 Å². The summed E-state index contributed by atoms with van der Waals surface area (Å²) < 4.78 is 0.952. The number of oxime groups is 1. The zero-order valence-electron chi connectivity index (χ0n) is 11.4. The van der Waals surface area contributed by atoms with Crippen LogP contribution >= 0.6 is 27.5 Å². The highest BCUT2D eigenvalue weighted by atomic mass is 79.9. The van der Waals surface area contributed by atoms with E-state index in [2.05, 4.69) is 21.1 Å². The fraction of sp³-hybridized carbons (Fsp3) is 0.133. The molecule has 110 valence electrons. The lowest BCUT2D eigenvalue weighted by atomic mass is 10.1. The summed E-state index contributed by atoms with van der Waals surface area (Å²) in [7, 11) is 1.96. The van der Waals surface area contributed by atoms with E-state index in [-0.39, 0.29) is 5.84 Å². The van der Waals surface area contributed by atoms with Gasteiger partial charge in [0.1, 0.15) is 0 Å². The first-order chi connectivity index (χ1) is 10.0. The fourth-order valence-corrected chi connectivity index (χ4v) is 2.69. The number of hydrogen-bond donors (Lipinski definition) is 2. The molecule has 0 aliphatic rings. The van der Waals surface area contributed by atoms with E-state index in [4.69, 9.17) is 22.5 Å². The molecule has 0 saturated carbocycles. The van der Waals surface area contributed by atoms with Crippen molar-refractivity contribution in [2.75, 3.05) is 11.9 Å². The van der Waals surface area contributed by atoms with E-state index in [1.807, 2.05) is 48.3 Å². The molecular formula is C15H15BrClN3O. The van der Waals surface area contributed by atoms with Gasteiger partial charge in [0, 0.05) is 34.3 Å². The van der Waals surface area contributed by atoms with E-state index in [1.165, 1.54) is 0 Å². The van der Waals surface area contributed by atoms with Crippen LogP contribution in [0.15, 0.2) is 52.1 Å². The molecule has 2 aromatic carbocycles. The van der Waals surface area contributed by atoms with Crippen LogP contribution in [0, 0.1) is 0 Å². The molecule has 0 aliphatic heterocycles. The van der Waals surface area contributed by atoms with Gasteiger partial charge in [0.05, 0.1) is 0 Å². The maximum atomic E-state index is 8.74. The van der Waals surface area contributed by atoms with Crippen molar-refractivity contribution in [3.05, 3.63) is 63.1 Å². The minimum Gasteiger partial charge on any atom is -0.409 e. The van der Waals surface area contributed by atoms with Crippen LogP contribution in [0.3, 0.4) is 0 Å². The van der Waals surface area contributed by atoms with Gasteiger partial charge in [-0.3, -0.25) is 0 Å². The molecule has 3 N–H and O–H groups in total. The molecule has 0 aromatic heterocycles. The molecule has 21 heavy (non-hydrogen) atoms. The first-order valence-electron chi connectivity index (χ1n) is 6.24. The summed E-state index contributed by atoms with van der Waals surface area (Å²) in [5.74, 6) is 0.0897. The quantitative estimate of drug-likeness (QED) is 0.373. The van der Waals surface area contributed by atoms with Gasteiger partial charge in [-0.2, -0.15) is 0 Å². The van der Waals surface area contributed by atoms with E-state index in [9.17, 15) is 0 Å². The van der Waals surface area contributed by atoms with Gasteiger partial charge in [-0.05, 0) is 29.8 Å². The molecule has 6 heteroatoms. The molecule has 2 aromatic rings. The van der Waals surface area contributed by atoms with Crippen LogP contribution < -0.4 is 10.6 Å². The monoisotopic (exact) mass is 367 g/mol. The van der Waals surface area contributed by atoms with Crippen LogP contribution in [0.2, 0.25) is 5.02 Å². The van der Waals surface area contributed by atoms with E-state index in [0.717, 1.165) is 15.7 Å². The predicted octanol–water partition coefficient (Wildman–Crippen LogP) is 3.83. The first-order valence-corrected chi connectivity index (χ1v) is 7.41. The summed E-state index contributed by atoms with van der Waals surface area (Å²) in [6, 6.07) is 13.3. The molecule has 0 radical (unpaired) electrons. The Balaban J connectivity index is 2.22. The number of benzene rings is 2. The minimum absolute atomic E-state index is 0.0897. The number of nitrogens with two attached hydrogens (primary N) is 1. The number of halogens is 2. The summed E-state index contributed by atoms with van der Waals surface area (Å²) in [6.07, 6.45) is 0. The van der Waals surface area contributed by atoms with Crippen molar-refractivity contribution in [3.63, 3.8) is 0 Å². The van der Waals surface area contributed by atoms with E-state index in [1.54, 1.807) is 6.07 Å². The molecule has 0 bridgehead atoms. The Hall–Kier alpha value is -1.72. The molecule has 0 fully saturated rings. The van der Waals surface area contributed by atoms with Crippen LogP contribution in [0.1, 0.15) is 11.1 Å². The van der Waals surface area contributed by atoms with Gasteiger partial charge in [0.15, 0.2) is 5.84 Å². The van der Waals surface area contributed by atoms with E-state index in [0.29, 0.717) is 17.1 Å². The van der Waals surface area contributed by atoms with Gasteiger partial charge in [-0.25, -0.2) is 0 Å². The second-order valence-corrected chi connectivity index (χ2v) is 5.95. The van der Waals surface area contributed by atoms with Crippen molar-refractivity contribution >= 4 is 39.1 Å². The van der Waals surface area contributed by atoms with Crippen molar-refractivity contribution in [1.29, 1.82) is 0 Å². The molecule has 2 rings (SSSR count). The Morgan fingerprint density at radius 1 is 1.33 bits per heavy atom. The average molecular weight is 369 g/mol. The fourth-order valence-electron chi connectivity index (χ4n) is 1.96. The van der Waals surface area contributed by atoms with Crippen LogP contribution in [-0.4, -0.2) is 18.1 Å². The Labute approximate surface area is 136 Å². The third kappa shape index (κ3) is 3.89. The van der Waals surface area contributed by atoms with Gasteiger partial charge < -0.3 is 15.8 Å². The Kier molecular flexibility index (Phi) is 5.09. The topological polar surface area (TPSA) is 61.8 Å². The predicted molar refractivity (Wildman–Crippen MR) is 90.2 cm³/mol. The molecule has 0 amide bonds. The zero-order valence-corrected chi connectivity index (χ0v) is 13.8. The molecule has 0 spiro atoms. The average Bonchev–Trinajstić information content (AvgIpc) is 2.49. The SMILES string of the molecule is CN(Cc1ccc(Br)cc1Cl)c1cccc(/C(N)=N/O)c1. The maximum Gasteiger partial charge on any atom is 0.170 e. The van der Waals surface area contributed by atoms with Gasteiger partial charge in [-0.1, -0.05) is 50.9 Å². The highest BCUT2D eigenvalue weighted by Crippen LogP contribution is 2.24. The number of anilines is 1. The highest BCUT2D eigenvalue weighted by molar-refractivity contribution is 9.10. The summed E-state index contributed by atoms with van der Waals surface area (Å²) in [4.78, 5) is 2.04. The normalized spacial score (nSPS) is 11.5. The largest absolute Gasteiger partial charge is 0.409 e. The maximum absolute atomic E-state index is 8.74. The summed E-state index contributed by atoms with van der Waals surface area (Å²) in [5.41, 5.74) is 8.26. The summed E-state index contributed by atoms with van der Waals surface area (Å²) in [6.45, 7) is 0.658. The number of rotatable bonds is 4. The third-order valence-electron chi connectivity index (χ3n) is 3.11. The van der Waals surface area contributed by atoms with Gasteiger partial charge in [0.2, 0.25) is 0 Å². The molecule has 0 aliphatic carbocycles. The van der Waals surface area contributed by atoms with Crippen molar-refractivity contribution in [1.82, 2.24) is 0 Å². The Bertz CT molecular complexity index is 676. The van der Waals surface area contributed by atoms with Crippen molar-refractivity contribution in [2.45, 2.75) is 6.54 Å². The first kappa shape index (κ1) is 15.7. The van der Waals surface area contributed by atoms with Gasteiger partial charge >= 0.3 is 0 Å². The van der Waals surface area contributed by atoms with Crippen molar-refractivity contribution in [3.8, 4) is 0 Å². The number of amidine groups is 1. The van der Waals surface area contributed by atoms with Crippen LogP contribution in [0.25, 0.3) is 0 Å². The minimum atomic E-state index is 0.0897. The number of nitrogens with zero attached hydrogens (tertiary/aromatic N) is 2. The van der Waals surface area contributed by atoms with Crippen molar-refractivity contribution in [2.24, 2.45) is 10.9 Å². The molecule has 0 atom stereocenters. The number of hydrogen-bond acceptors (Lipinski definition) is 3. The zero-order chi connectivity index (χ0) is 15.4. The van der Waals surface area contributed by atoms with Crippen molar-refractivity contribution < 1.29 is 5.21 Å². The molecule has 0 heterocycles. The standard InChI is InChI=1S/C15H15BrClN3O/c1-20(9-11-5-6-12(16)8-14(11)17)13-4-2-3-10(7-13)15(18)19-21/h2-8,21H,9H2,1H3,(H2,18,19). The Morgan fingerprint density at radius 3 is 2.76 bits per heavy atom. The second kappa shape index (κ2) is 6.83. The lowest BCUT2D eigenvalue weighted by molar-refractivity contribution is 0.318. The molecule has 0 unspecified atom stereocenters. The second-order valence-electron chi connectivity index (χ2n) is 4.63. The lowest BCUT2D eigenvalue weighted by Crippen LogP contribution is -2.18. The van der Waals surface area contributed by atoms with Crippen LogP contribution in [0.4, 0.5) is 5.69 Å². The highest BCUT2D eigenvalue weighted by Gasteiger charge is 2.08. The molecule has 4 nitrogen and oxygen atoms in total. The smallest absolute Gasteiger partial charge is 0.170 e. The van der Waals surface area contributed by atoms with Gasteiger partial charge in [0.25, 0.3) is 0 Å². The third-order valence-corrected chi connectivity index (χ3v) is 3.96. The summed E-state index contributed by atoms with van der Waals surface area (Å²) >= 11 is 9.63. The summed E-state index contributed by atoms with van der Waals surface area (Å²) in [5, 5.41) is 12.5. The van der Waals surface area contributed by atoms with Gasteiger partial charge in [-0.15, -0.1) is 0 Å².